The van der Waals surface area contributed by atoms with E-state index in [1.54, 1.807) is 19.5 Å². The molecule has 0 aliphatic rings. The molecule has 0 spiro atoms. The summed E-state index contributed by atoms with van der Waals surface area (Å²) in [7, 11) is -0.139. The second-order valence-electron chi connectivity index (χ2n) is 7.78. The number of nitrogens with one attached hydrogen (secondary N) is 1. The lowest BCUT2D eigenvalue weighted by Crippen LogP contribution is -2.41. The van der Waals surface area contributed by atoms with Gasteiger partial charge in [0.25, 0.3) is 0 Å². The molecule has 1 aromatic rings. The van der Waals surface area contributed by atoms with Crippen LogP contribution in [0.3, 0.4) is 0 Å². The zero-order valence-electron chi connectivity index (χ0n) is 16.9. The van der Waals surface area contributed by atoms with Gasteiger partial charge < -0.3 is 14.5 Å². The molecule has 0 bridgehead atoms. The second-order valence-corrected chi connectivity index (χ2v) is 12.9. The topological polar surface area (TPSA) is 43.4 Å². The van der Waals surface area contributed by atoms with Crippen LogP contribution >= 0.6 is 11.6 Å². The summed E-state index contributed by atoms with van der Waals surface area (Å²) >= 11 is 6.50. The second kappa shape index (κ2) is 9.90. The van der Waals surface area contributed by atoms with Crippen molar-refractivity contribution in [1.82, 2.24) is 10.3 Å². The van der Waals surface area contributed by atoms with Gasteiger partial charge in [-0.15, -0.1) is 0 Å². The third kappa shape index (κ3) is 6.55. The molecule has 1 atom stereocenters. The molecule has 6 heteroatoms. The number of methoxy groups -OCH3 is 1. The quantitative estimate of drug-likeness (QED) is 0.543. The van der Waals surface area contributed by atoms with Crippen molar-refractivity contribution >= 4 is 19.9 Å². The van der Waals surface area contributed by atoms with E-state index in [1.165, 1.54) is 0 Å². The fraction of sp³-hybridized carbons (Fsp3) is 0.737. The Hall–Kier alpha value is -0.623. The lowest BCUT2D eigenvalue weighted by molar-refractivity contribution is 0.177. The van der Waals surface area contributed by atoms with Crippen molar-refractivity contribution in [3.8, 4) is 5.75 Å². The molecule has 0 aliphatic heterocycles. The Balaban J connectivity index is 3.15. The zero-order valence-corrected chi connectivity index (χ0v) is 18.7. The highest BCUT2D eigenvalue weighted by molar-refractivity contribution is 6.73. The summed E-state index contributed by atoms with van der Waals surface area (Å²) in [5, 5.41) is 4.16. The fourth-order valence-corrected chi connectivity index (χ4v) is 6.06. The molecule has 0 radical (unpaired) electrons. The van der Waals surface area contributed by atoms with Gasteiger partial charge in [-0.1, -0.05) is 53.1 Å². The summed E-state index contributed by atoms with van der Waals surface area (Å²) in [6.45, 7) is 15.0. The van der Waals surface area contributed by atoms with E-state index in [0.29, 0.717) is 17.3 Å². The molecule has 4 nitrogen and oxygen atoms in total. The molecule has 0 saturated carbocycles. The molecule has 1 N–H and O–H groups in total. The van der Waals surface area contributed by atoms with Crippen molar-refractivity contribution in [3.05, 3.63) is 23.0 Å². The molecule has 0 aromatic carbocycles. The van der Waals surface area contributed by atoms with Gasteiger partial charge in [-0.25, -0.2) is 0 Å². The third-order valence-electron chi connectivity index (χ3n) is 4.75. The monoisotopic (exact) mass is 386 g/mol. The van der Waals surface area contributed by atoms with E-state index in [-0.39, 0.29) is 11.5 Å². The normalized spacial score (nSPS) is 13.8. The predicted molar refractivity (Wildman–Crippen MR) is 109 cm³/mol. The minimum absolute atomic E-state index is 0.126. The molecule has 144 valence electrons. The first-order chi connectivity index (χ1) is 11.7. The maximum absolute atomic E-state index is 6.79. The van der Waals surface area contributed by atoms with Crippen LogP contribution in [0, 0.1) is 5.41 Å². The van der Waals surface area contributed by atoms with Crippen molar-refractivity contribution in [1.29, 1.82) is 0 Å². The summed E-state index contributed by atoms with van der Waals surface area (Å²) in [5.41, 5.74) is 1.12. The summed E-state index contributed by atoms with van der Waals surface area (Å²) in [6, 6.07) is 3.29. The molecule has 0 fully saturated rings. The van der Waals surface area contributed by atoms with Gasteiger partial charge in [0, 0.05) is 24.8 Å². The lowest BCUT2D eigenvalue weighted by atomic mass is 9.97. The highest BCUT2D eigenvalue weighted by Crippen LogP contribution is 2.37. The van der Waals surface area contributed by atoms with Gasteiger partial charge in [0.2, 0.25) is 0 Å². The number of rotatable bonds is 10. The zero-order chi connectivity index (χ0) is 19.1. The first-order valence-electron chi connectivity index (χ1n) is 9.27. The Morgan fingerprint density at radius 2 is 1.76 bits per heavy atom. The van der Waals surface area contributed by atoms with Gasteiger partial charge in [0.15, 0.2) is 8.32 Å². The van der Waals surface area contributed by atoms with Crippen LogP contribution in [0.25, 0.3) is 0 Å². The summed E-state index contributed by atoms with van der Waals surface area (Å²) in [6.07, 6.45) is 3.26. The van der Waals surface area contributed by atoms with Gasteiger partial charge in [0.05, 0.1) is 24.4 Å². The van der Waals surface area contributed by atoms with E-state index >= 15 is 0 Å². The maximum atomic E-state index is 6.79. The molecule has 1 rings (SSSR count). The largest absolute Gasteiger partial charge is 0.495 e. The van der Waals surface area contributed by atoms with Crippen LogP contribution in [0.1, 0.15) is 53.2 Å². The van der Waals surface area contributed by atoms with Gasteiger partial charge in [-0.2, -0.15) is 0 Å². The van der Waals surface area contributed by atoms with Crippen LogP contribution in [0.2, 0.25) is 23.2 Å². The van der Waals surface area contributed by atoms with Crippen LogP contribution in [0.4, 0.5) is 0 Å². The Morgan fingerprint density at radius 3 is 2.24 bits per heavy atom. The Morgan fingerprint density at radius 1 is 1.16 bits per heavy atom. The molecule has 1 unspecified atom stereocenters. The SMILES string of the molecule is CC[Si](CC)(CC)OC(CNCC(C)(C)C)c1c(Cl)cncc1OC. The molecule has 0 amide bonds. The van der Waals surface area contributed by atoms with Crippen LogP contribution in [0.15, 0.2) is 12.4 Å². The lowest BCUT2D eigenvalue weighted by Gasteiger charge is -2.35. The van der Waals surface area contributed by atoms with E-state index < -0.39 is 8.32 Å². The maximum Gasteiger partial charge on any atom is 0.192 e. The highest BCUT2D eigenvalue weighted by atomic mass is 35.5. The van der Waals surface area contributed by atoms with Crippen molar-refractivity contribution in [3.63, 3.8) is 0 Å². The first-order valence-corrected chi connectivity index (χ1v) is 12.2. The van der Waals surface area contributed by atoms with E-state index in [1.807, 2.05) is 0 Å². The Bertz CT molecular complexity index is 522. The molecular formula is C19H35ClN2O2Si. The number of aromatic nitrogens is 1. The number of pyridine rings is 1. The molecule has 1 heterocycles. The van der Waals surface area contributed by atoms with E-state index in [0.717, 1.165) is 30.2 Å². The smallest absolute Gasteiger partial charge is 0.192 e. The van der Waals surface area contributed by atoms with E-state index in [4.69, 9.17) is 20.8 Å². The number of hydrogen-bond acceptors (Lipinski definition) is 4. The van der Waals surface area contributed by atoms with Crippen LogP contribution in [0.5, 0.6) is 5.75 Å². The highest BCUT2D eigenvalue weighted by Gasteiger charge is 2.34. The minimum atomic E-state index is -1.79. The molecule has 25 heavy (non-hydrogen) atoms. The van der Waals surface area contributed by atoms with Gasteiger partial charge in [0.1, 0.15) is 5.75 Å². The van der Waals surface area contributed by atoms with Gasteiger partial charge >= 0.3 is 0 Å². The van der Waals surface area contributed by atoms with Crippen LogP contribution in [-0.2, 0) is 4.43 Å². The molecular weight excluding hydrogens is 352 g/mol. The van der Waals surface area contributed by atoms with Crippen molar-refractivity contribution in [2.24, 2.45) is 5.41 Å². The van der Waals surface area contributed by atoms with Gasteiger partial charge in [-0.3, -0.25) is 4.98 Å². The van der Waals surface area contributed by atoms with Crippen molar-refractivity contribution in [2.45, 2.75) is 65.8 Å². The number of halogens is 1. The standard InChI is InChI=1S/C19H35ClN2O2Si/c1-8-25(9-2,10-3)24-17(13-22-14-19(4,5)6)18-15(20)11-21-12-16(18)23-7/h11-12,17,22H,8-10,13-14H2,1-7H3. The van der Waals surface area contributed by atoms with Crippen LogP contribution in [-0.4, -0.2) is 33.5 Å². The predicted octanol–water partition coefficient (Wildman–Crippen LogP) is 5.44. The van der Waals surface area contributed by atoms with Crippen LogP contribution < -0.4 is 10.1 Å². The van der Waals surface area contributed by atoms with E-state index in [9.17, 15) is 0 Å². The molecule has 0 saturated heterocycles. The average Bonchev–Trinajstić information content (AvgIpc) is 2.57. The fourth-order valence-electron chi connectivity index (χ4n) is 2.99. The van der Waals surface area contributed by atoms with E-state index in [2.05, 4.69) is 51.8 Å². The summed E-state index contributed by atoms with van der Waals surface area (Å²) in [4.78, 5) is 4.15. The summed E-state index contributed by atoms with van der Waals surface area (Å²) < 4.78 is 12.3. The first kappa shape index (κ1) is 22.4. The Kier molecular flexibility index (Phi) is 8.88. The van der Waals surface area contributed by atoms with Crippen molar-refractivity contribution < 1.29 is 9.16 Å². The third-order valence-corrected chi connectivity index (χ3v) is 9.71. The van der Waals surface area contributed by atoms with Gasteiger partial charge in [-0.05, 0) is 23.5 Å². The van der Waals surface area contributed by atoms with Crippen molar-refractivity contribution in [2.75, 3.05) is 20.2 Å². The average molecular weight is 387 g/mol. The number of ether oxygens (including phenoxy) is 1. The Labute approximate surface area is 159 Å². The molecule has 0 aliphatic carbocycles. The minimum Gasteiger partial charge on any atom is -0.495 e. The molecule has 1 aromatic heterocycles. The number of hydrogen-bond donors (Lipinski definition) is 1. The summed E-state index contributed by atoms with van der Waals surface area (Å²) in [5.74, 6) is 0.696. The number of nitrogens with zero attached hydrogens (tertiary/aromatic N) is 1.